The number of benzene rings is 1. The molecule has 30 heavy (non-hydrogen) atoms. The van der Waals surface area contributed by atoms with E-state index in [1.54, 1.807) is 7.11 Å². The second-order valence-electron chi connectivity index (χ2n) is 7.36. The van der Waals surface area contributed by atoms with Crippen molar-refractivity contribution in [2.45, 2.75) is 26.8 Å². The van der Waals surface area contributed by atoms with Crippen molar-refractivity contribution in [3.8, 4) is 23.0 Å². The molecule has 1 N–H and O–H groups in total. The number of nitrogens with zero attached hydrogens (tertiary/aromatic N) is 4. The van der Waals surface area contributed by atoms with Gasteiger partial charge in [0.1, 0.15) is 11.4 Å². The van der Waals surface area contributed by atoms with Crippen LogP contribution in [0.4, 0.5) is 5.82 Å². The molecule has 3 aromatic heterocycles. The molecule has 0 radical (unpaired) electrons. The molecule has 0 aliphatic rings. The maximum absolute atomic E-state index is 5.53. The maximum Gasteiger partial charge on any atom is 0.238 e. The van der Waals surface area contributed by atoms with E-state index < -0.39 is 0 Å². The molecule has 6 nitrogen and oxygen atoms in total. The SMILES string of the molecule is COc1nc(-c2cc(C)c(N[C@@H](C)c3ccccc3)nn2)ccc1-n1ccc(C)c1. The Morgan fingerprint density at radius 3 is 2.43 bits per heavy atom. The molecule has 0 saturated heterocycles. The van der Waals surface area contributed by atoms with E-state index in [2.05, 4.69) is 46.5 Å². The Morgan fingerprint density at radius 2 is 1.77 bits per heavy atom. The van der Waals surface area contributed by atoms with Crippen molar-refractivity contribution >= 4 is 5.82 Å². The van der Waals surface area contributed by atoms with Crippen LogP contribution >= 0.6 is 0 Å². The van der Waals surface area contributed by atoms with Crippen LogP contribution in [-0.4, -0.2) is 26.9 Å². The van der Waals surface area contributed by atoms with Crippen LogP contribution in [0.1, 0.15) is 29.7 Å². The summed E-state index contributed by atoms with van der Waals surface area (Å²) in [7, 11) is 1.63. The zero-order chi connectivity index (χ0) is 21.1. The van der Waals surface area contributed by atoms with Crippen molar-refractivity contribution in [3.63, 3.8) is 0 Å². The standard InChI is InChI=1S/C24H25N5O/c1-16-12-13-29(15-16)22-11-10-20(26-24(22)30-4)21-14-17(2)23(28-27-21)25-18(3)19-8-6-5-7-9-19/h5-15,18H,1-4H3,(H,25,28)/t18-/m0/s1. The van der Waals surface area contributed by atoms with Crippen LogP contribution in [-0.2, 0) is 0 Å². The Kier molecular flexibility index (Phi) is 5.48. The minimum Gasteiger partial charge on any atom is -0.479 e. The molecule has 1 atom stereocenters. The quantitative estimate of drug-likeness (QED) is 0.487. The summed E-state index contributed by atoms with van der Waals surface area (Å²) >= 11 is 0. The van der Waals surface area contributed by atoms with Gasteiger partial charge in [0.2, 0.25) is 5.88 Å². The molecule has 0 spiro atoms. The van der Waals surface area contributed by atoms with Crippen LogP contribution < -0.4 is 10.1 Å². The van der Waals surface area contributed by atoms with Crippen LogP contribution in [0.3, 0.4) is 0 Å². The molecular formula is C24H25N5O. The van der Waals surface area contributed by atoms with Crippen LogP contribution in [0.25, 0.3) is 17.1 Å². The third-order valence-corrected chi connectivity index (χ3v) is 5.05. The van der Waals surface area contributed by atoms with E-state index in [1.165, 1.54) is 11.1 Å². The molecule has 0 fully saturated rings. The van der Waals surface area contributed by atoms with Gasteiger partial charge in [-0.05, 0) is 61.7 Å². The number of hydrogen-bond donors (Lipinski definition) is 1. The van der Waals surface area contributed by atoms with Crippen molar-refractivity contribution < 1.29 is 4.74 Å². The summed E-state index contributed by atoms with van der Waals surface area (Å²) in [6.45, 7) is 6.18. The molecule has 3 heterocycles. The van der Waals surface area contributed by atoms with Crippen LogP contribution in [0.2, 0.25) is 0 Å². The number of aryl methyl sites for hydroxylation is 2. The van der Waals surface area contributed by atoms with E-state index in [9.17, 15) is 0 Å². The number of nitrogens with one attached hydrogen (secondary N) is 1. The molecule has 0 amide bonds. The van der Waals surface area contributed by atoms with E-state index in [4.69, 9.17) is 4.74 Å². The number of hydrogen-bond acceptors (Lipinski definition) is 5. The lowest BCUT2D eigenvalue weighted by Crippen LogP contribution is -2.10. The summed E-state index contributed by atoms with van der Waals surface area (Å²) in [5, 5.41) is 12.3. The summed E-state index contributed by atoms with van der Waals surface area (Å²) in [6.07, 6.45) is 4.03. The first-order valence-corrected chi connectivity index (χ1v) is 9.91. The molecule has 4 aromatic rings. The smallest absolute Gasteiger partial charge is 0.238 e. The average Bonchev–Trinajstić information content (AvgIpc) is 3.21. The van der Waals surface area contributed by atoms with Gasteiger partial charge >= 0.3 is 0 Å². The fourth-order valence-corrected chi connectivity index (χ4v) is 3.36. The Hall–Kier alpha value is -3.67. The van der Waals surface area contributed by atoms with Gasteiger partial charge in [-0.2, -0.15) is 0 Å². The molecule has 6 heteroatoms. The predicted molar refractivity (Wildman–Crippen MR) is 119 cm³/mol. The summed E-state index contributed by atoms with van der Waals surface area (Å²) in [6, 6.07) is 18.4. The number of methoxy groups -OCH3 is 1. The van der Waals surface area contributed by atoms with Gasteiger partial charge < -0.3 is 14.6 Å². The number of anilines is 1. The fourth-order valence-electron chi connectivity index (χ4n) is 3.36. The van der Waals surface area contributed by atoms with Gasteiger partial charge in [-0.25, -0.2) is 4.98 Å². The molecule has 0 bridgehead atoms. The van der Waals surface area contributed by atoms with E-state index in [-0.39, 0.29) is 6.04 Å². The Morgan fingerprint density at radius 1 is 0.967 bits per heavy atom. The largest absolute Gasteiger partial charge is 0.479 e. The third-order valence-electron chi connectivity index (χ3n) is 5.05. The van der Waals surface area contributed by atoms with E-state index in [0.29, 0.717) is 11.6 Å². The van der Waals surface area contributed by atoms with Crippen LogP contribution in [0.15, 0.2) is 67.0 Å². The number of pyridine rings is 1. The van der Waals surface area contributed by atoms with Gasteiger partial charge in [-0.1, -0.05) is 30.3 Å². The highest BCUT2D eigenvalue weighted by Crippen LogP contribution is 2.27. The fraction of sp³-hybridized carbons (Fsp3) is 0.208. The molecule has 152 valence electrons. The van der Waals surface area contributed by atoms with Crippen LogP contribution in [0.5, 0.6) is 5.88 Å². The minimum atomic E-state index is 0.132. The first-order chi connectivity index (χ1) is 14.5. The Labute approximate surface area is 176 Å². The summed E-state index contributed by atoms with van der Waals surface area (Å²) in [5.41, 5.74) is 5.69. The molecule has 4 rings (SSSR count). The van der Waals surface area contributed by atoms with E-state index >= 15 is 0 Å². The normalized spacial score (nSPS) is 11.9. The first-order valence-electron chi connectivity index (χ1n) is 9.91. The van der Waals surface area contributed by atoms with E-state index in [1.807, 2.05) is 66.3 Å². The zero-order valence-corrected chi connectivity index (χ0v) is 17.6. The van der Waals surface area contributed by atoms with E-state index in [0.717, 1.165) is 22.8 Å². The highest BCUT2D eigenvalue weighted by Gasteiger charge is 2.13. The van der Waals surface area contributed by atoms with Crippen molar-refractivity contribution in [2.75, 3.05) is 12.4 Å². The second-order valence-corrected chi connectivity index (χ2v) is 7.36. The monoisotopic (exact) mass is 399 g/mol. The summed E-state index contributed by atoms with van der Waals surface area (Å²) in [5.74, 6) is 1.31. The Balaban J connectivity index is 1.59. The third kappa shape index (κ3) is 4.03. The van der Waals surface area contributed by atoms with Gasteiger partial charge in [0.05, 0.1) is 18.8 Å². The van der Waals surface area contributed by atoms with Gasteiger partial charge in [0, 0.05) is 12.4 Å². The second kappa shape index (κ2) is 8.37. The Bertz CT molecular complexity index is 1150. The summed E-state index contributed by atoms with van der Waals surface area (Å²) < 4.78 is 7.53. The zero-order valence-electron chi connectivity index (χ0n) is 17.6. The first kappa shape index (κ1) is 19.6. The molecule has 1 aromatic carbocycles. The van der Waals surface area contributed by atoms with Gasteiger partial charge in [-0.3, -0.25) is 0 Å². The number of aromatic nitrogens is 4. The van der Waals surface area contributed by atoms with Gasteiger partial charge in [0.15, 0.2) is 5.82 Å². The number of rotatable bonds is 6. The van der Waals surface area contributed by atoms with Crippen molar-refractivity contribution in [1.82, 2.24) is 19.7 Å². The lowest BCUT2D eigenvalue weighted by molar-refractivity contribution is 0.396. The topological polar surface area (TPSA) is 64.9 Å². The lowest BCUT2D eigenvalue weighted by atomic mass is 10.1. The van der Waals surface area contributed by atoms with Gasteiger partial charge in [0.25, 0.3) is 0 Å². The molecule has 0 aliphatic heterocycles. The molecular weight excluding hydrogens is 374 g/mol. The molecule has 0 aliphatic carbocycles. The number of ether oxygens (including phenoxy) is 1. The van der Waals surface area contributed by atoms with Crippen LogP contribution in [0, 0.1) is 13.8 Å². The minimum absolute atomic E-state index is 0.132. The van der Waals surface area contributed by atoms with Crippen molar-refractivity contribution in [2.24, 2.45) is 0 Å². The van der Waals surface area contributed by atoms with Gasteiger partial charge in [-0.15, -0.1) is 10.2 Å². The summed E-state index contributed by atoms with van der Waals surface area (Å²) in [4.78, 5) is 4.66. The lowest BCUT2D eigenvalue weighted by Gasteiger charge is -2.16. The highest BCUT2D eigenvalue weighted by atomic mass is 16.5. The van der Waals surface area contributed by atoms with Crippen molar-refractivity contribution in [1.29, 1.82) is 0 Å². The molecule has 0 saturated carbocycles. The maximum atomic E-state index is 5.53. The van der Waals surface area contributed by atoms with Crippen molar-refractivity contribution in [3.05, 3.63) is 83.7 Å². The molecule has 0 unspecified atom stereocenters. The highest BCUT2D eigenvalue weighted by molar-refractivity contribution is 5.61. The average molecular weight is 399 g/mol. The predicted octanol–water partition coefficient (Wildman–Crippen LogP) is 5.13.